The number of carbonyl (C=O) groups excluding carboxylic acids is 1. The molecule has 0 spiro atoms. The first kappa shape index (κ1) is 9.48. The highest BCUT2D eigenvalue weighted by molar-refractivity contribution is 5.77. The van der Waals surface area contributed by atoms with Gasteiger partial charge in [0.15, 0.2) is 0 Å². The van der Waals surface area contributed by atoms with Crippen molar-refractivity contribution in [1.29, 1.82) is 0 Å². The van der Waals surface area contributed by atoms with Gasteiger partial charge in [-0.05, 0) is 25.9 Å². The lowest BCUT2D eigenvalue weighted by atomic mass is 10.1. The summed E-state index contributed by atoms with van der Waals surface area (Å²) in [5.74, 6) is 4.97. The number of rotatable bonds is 3. The number of nitrogens with two attached hydrogens (primary N) is 1. The van der Waals surface area contributed by atoms with Crippen LogP contribution in [0.15, 0.2) is 0 Å². The smallest absolute Gasteiger partial charge is 0.237 e. The second-order valence-electron chi connectivity index (χ2n) is 3.42. The molecule has 1 aliphatic heterocycles. The van der Waals surface area contributed by atoms with Gasteiger partial charge in [-0.25, -0.2) is 5.84 Å². The van der Waals surface area contributed by atoms with Crippen molar-refractivity contribution < 1.29 is 4.79 Å². The van der Waals surface area contributed by atoms with Gasteiger partial charge in [0, 0.05) is 12.5 Å². The quantitative estimate of drug-likeness (QED) is 0.348. The Balaban J connectivity index is 2.24. The monoisotopic (exact) mass is 171 g/mol. The van der Waals surface area contributed by atoms with Gasteiger partial charge in [0.2, 0.25) is 5.91 Å². The fraction of sp³-hybridized carbons (Fsp3) is 0.875. The molecule has 0 radical (unpaired) electrons. The van der Waals surface area contributed by atoms with Crippen LogP contribution >= 0.6 is 0 Å². The molecule has 0 bridgehead atoms. The summed E-state index contributed by atoms with van der Waals surface area (Å²) >= 11 is 0. The zero-order valence-corrected chi connectivity index (χ0v) is 7.55. The first-order valence-electron chi connectivity index (χ1n) is 4.47. The molecule has 0 aromatic rings. The molecule has 1 fully saturated rings. The average molecular weight is 171 g/mol. The molecular formula is C8H17N3O. The topological polar surface area (TPSA) is 58.4 Å². The van der Waals surface area contributed by atoms with Crippen LogP contribution in [0.5, 0.6) is 0 Å². The summed E-state index contributed by atoms with van der Waals surface area (Å²) in [6.07, 6.45) is 2.52. The van der Waals surface area contributed by atoms with Gasteiger partial charge in [0.1, 0.15) is 0 Å². The van der Waals surface area contributed by atoms with Crippen molar-refractivity contribution >= 4 is 5.91 Å². The third-order valence-electron chi connectivity index (χ3n) is 2.32. The number of likely N-dealkylation sites (tertiary alicyclic amines) is 1. The molecule has 0 saturated carbocycles. The van der Waals surface area contributed by atoms with E-state index >= 15 is 0 Å². The molecule has 0 aromatic carbocycles. The van der Waals surface area contributed by atoms with Gasteiger partial charge in [0.05, 0.1) is 0 Å². The van der Waals surface area contributed by atoms with E-state index in [0.29, 0.717) is 0 Å². The maximum absolute atomic E-state index is 11.0. The Labute approximate surface area is 73.1 Å². The van der Waals surface area contributed by atoms with Gasteiger partial charge in [0.25, 0.3) is 0 Å². The van der Waals surface area contributed by atoms with E-state index in [0.717, 1.165) is 19.6 Å². The zero-order chi connectivity index (χ0) is 8.97. The van der Waals surface area contributed by atoms with Gasteiger partial charge < -0.3 is 4.90 Å². The molecule has 1 atom stereocenters. The van der Waals surface area contributed by atoms with Crippen LogP contribution in [0.25, 0.3) is 0 Å². The SMILES string of the molecule is C[C@@H](CN1CCCC1)C(=O)NN. The summed E-state index contributed by atoms with van der Waals surface area (Å²) in [5.41, 5.74) is 2.17. The number of hydrogen-bond acceptors (Lipinski definition) is 3. The van der Waals surface area contributed by atoms with Crippen LogP contribution in [-0.4, -0.2) is 30.4 Å². The van der Waals surface area contributed by atoms with Crippen molar-refractivity contribution in [3.8, 4) is 0 Å². The largest absolute Gasteiger partial charge is 0.303 e. The molecular weight excluding hydrogens is 154 g/mol. The van der Waals surface area contributed by atoms with Gasteiger partial charge in [-0.15, -0.1) is 0 Å². The summed E-state index contributed by atoms with van der Waals surface area (Å²) < 4.78 is 0. The Kier molecular flexibility index (Phi) is 3.49. The molecule has 1 aliphatic rings. The predicted octanol–water partition coefficient (Wildman–Crippen LogP) is -0.292. The number of hydrazine groups is 1. The Morgan fingerprint density at radius 2 is 2.17 bits per heavy atom. The molecule has 1 saturated heterocycles. The average Bonchev–Trinajstić information content (AvgIpc) is 2.55. The van der Waals surface area contributed by atoms with Gasteiger partial charge in [-0.3, -0.25) is 10.2 Å². The van der Waals surface area contributed by atoms with Crippen molar-refractivity contribution in [2.75, 3.05) is 19.6 Å². The highest BCUT2D eigenvalue weighted by atomic mass is 16.2. The maximum atomic E-state index is 11.0. The van der Waals surface area contributed by atoms with Crippen molar-refractivity contribution in [2.45, 2.75) is 19.8 Å². The summed E-state index contributed by atoms with van der Waals surface area (Å²) in [6, 6.07) is 0. The minimum atomic E-state index is -0.0677. The fourth-order valence-corrected chi connectivity index (χ4v) is 1.58. The molecule has 3 N–H and O–H groups in total. The Morgan fingerprint density at radius 1 is 1.58 bits per heavy atom. The van der Waals surface area contributed by atoms with Crippen LogP contribution in [0.2, 0.25) is 0 Å². The molecule has 1 rings (SSSR count). The lowest BCUT2D eigenvalue weighted by Gasteiger charge is -2.18. The number of nitrogens with one attached hydrogen (secondary N) is 1. The standard InChI is InChI=1S/C8H17N3O/c1-7(8(12)10-9)6-11-4-2-3-5-11/h7H,2-6,9H2,1H3,(H,10,12)/t7-/m0/s1. The molecule has 70 valence electrons. The molecule has 4 heteroatoms. The third-order valence-corrected chi connectivity index (χ3v) is 2.32. The number of hydrogen-bond donors (Lipinski definition) is 2. The van der Waals surface area contributed by atoms with Crippen molar-refractivity contribution in [3.05, 3.63) is 0 Å². The van der Waals surface area contributed by atoms with E-state index < -0.39 is 0 Å². The molecule has 0 unspecified atom stereocenters. The number of carbonyl (C=O) groups is 1. The maximum Gasteiger partial charge on any atom is 0.237 e. The Hall–Kier alpha value is -0.610. The normalized spacial score (nSPS) is 20.8. The van der Waals surface area contributed by atoms with Gasteiger partial charge in [-0.1, -0.05) is 6.92 Å². The van der Waals surface area contributed by atoms with E-state index in [-0.39, 0.29) is 11.8 Å². The van der Waals surface area contributed by atoms with E-state index in [1.165, 1.54) is 12.8 Å². The summed E-state index contributed by atoms with van der Waals surface area (Å²) in [6.45, 7) is 4.99. The molecule has 1 amide bonds. The van der Waals surface area contributed by atoms with Gasteiger partial charge in [-0.2, -0.15) is 0 Å². The zero-order valence-electron chi connectivity index (χ0n) is 7.55. The minimum Gasteiger partial charge on any atom is -0.303 e. The number of amides is 1. The second-order valence-corrected chi connectivity index (χ2v) is 3.42. The predicted molar refractivity (Wildman–Crippen MR) is 47.2 cm³/mol. The summed E-state index contributed by atoms with van der Waals surface area (Å²) in [4.78, 5) is 13.3. The lowest BCUT2D eigenvalue weighted by Crippen LogP contribution is -2.39. The van der Waals surface area contributed by atoms with Crippen LogP contribution in [0.1, 0.15) is 19.8 Å². The first-order chi connectivity index (χ1) is 5.74. The van der Waals surface area contributed by atoms with E-state index in [9.17, 15) is 4.79 Å². The summed E-state index contributed by atoms with van der Waals surface area (Å²) in [7, 11) is 0. The van der Waals surface area contributed by atoms with Crippen molar-refractivity contribution in [3.63, 3.8) is 0 Å². The van der Waals surface area contributed by atoms with Crippen LogP contribution in [0, 0.1) is 5.92 Å². The van der Waals surface area contributed by atoms with Gasteiger partial charge >= 0.3 is 0 Å². The second kappa shape index (κ2) is 4.42. The van der Waals surface area contributed by atoms with E-state index in [2.05, 4.69) is 10.3 Å². The van der Waals surface area contributed by atoms with E-state index in [4.69, 9.17) is 5.84 Å². The Bertz CT molecular complexity index is 154. The third kappa shape index (κ3) is 2.46. The van der Waals surface area contributed by atoms with Crippen molar-refractivity contribution in [1.82, 2.24) is 10.3 Å². The van der Waals surface area contributed by atoms with E-state index in [1.54, 1.807) is 0 Å². The molecule has 1 heterocycles. The van der Waals surface area contributed by atoms with Crippen LogP contribution in [0.3, 0.4) is 0 Å². The summed E-state index contributed by atoms with van der Waals surface area (Å²) in [5, 5.41) is 0. The van der Waals surface area contributed by atoms with Crippen LogP contribution < -0.4 is 11.3 Å². The highest BCUT2D eigenvalue weighted by Crippen LogP contribution is 2.09. The minimum absolute atomic E-state index is 0.00750. The molecule has 0 aromatic heterocycles. The Morgan fingerprint density at radius 3 is 2.67 bits per heavy atom. The van der Waals surface area contributed by atoms with E-state index in [1.807, 2.05) is 6.92 Å². The van der Waals surface area contributed by atoms with Crippen molar-refractivity contribution in [2.24, 2.45) is 11.8 Å². The molecule has 0 aliphatic carbocycles. The fourth-order valence-electron chi connectivity index (χ4n) is 1.58. The first-order valence-corrected chi connectivity index (χ1v) is 4.47. The molecule has 12 heavy (non-hydrogen) atoms. The van der Waals surface area contributed by atoms with Crippen LogP contribution in [-0.2, 0) is 4.79 Å². The highest BCUT2D eigenvalue weighted by Gasteiger charge is 2.18. The van der Waals surface area contributed by atoms with Crippen LogP contribution in [0.4, 0.5) is 0 Å². The number of nitrogens with zero attached hydrogens (tertiary/aromatic N) is 1. The molecule has 4 nitrogen and oxygen atoms in total. The lowest BCUT2D eigenvalue weighted by molar-refractivity contribution is -0.125.